The minimum Gasteiger partial charge on any atom is -0.351 e. The molecule has 4 rings (SSSR count). The lowest BCUT2D eigenvalue weighted by molar-refractivity contribution is 0.711. The van der Waals surface area contributed by atoms with Crippen LogP contribution in [0.2, 0.25) is 0 Å². The topological polar surface area (TPSA) is 59.2 Å². The van der Waals surface area contributed by atoms with Crippen molar-refractivity contribution < 1.29 is 0 Å². The SMILES string of the molecule is CCc1ccc(C2=CCN(c3ccc4nnnn4n3)CC2)cc1. The van der Waals surface area contributed by atoms with Crippen LogP contribution in [0.4, 0.5) is 5.82 Å². The molecule has 2 aromatic heterocycles. The second-order valence-electron chi connectivity index (χ2n) is 5.69. The smallest absolute Gasteiger partial charge is 0.200 e. The average molecular weight is 306 g/mol. The Morgan fingerprint density at radius 2 is 1.96 bits per heavy atom. The summed E-state index contributed by atoms with van der Waals surface area (Å²) >= 11 is 0. The maximum absolute atomic E-state index is 4.46. The van der Waals surface area contributed by atoms with Crippen LogP contribution in [-0.4, -0.2) is 38.3 Å². The van der Waals surface area contributed by atoms with Gasteiger partial charge in [0, 0.05) is 13.1 Å². The number of aryl methyl sites for hydroxylation is 1. The molecule has 0 aliphatic carbocycles. The van der Waals surface area contributed by atoms with E-state index >= 15 is 0 Å². The van der Waals surface area contributed by atoms with Crippen LogP contribution in [-0.2, 0) is 6.42 Å². The molecular weight excluding hydrogens is 288 g/mol. The second kappa shape index (κ2) is 5.79. The summed E-state index contributed by atoms with van der Waals surface area (Å²) in [4.78, 5) is 2.24. The van der Waals surface area contributed by atoms with E-state index < -0.39 is 0 Å². The molecule has 1 aliphatic rings. The molecule has 0 amide bonds. The maximum atomic E-state index is 4.46. The first kappa shape index (κ1) is 13.9. The van der Waals surface area contributed by atoms with Gasteiger partial charge in [-0.3, -0.25) is 0 Å². The van der Waals surface area contributed by atoms with E-state index in [1.54, 1.807) is 0 Å². The number of aromatic nitrogens is 5. The lowest BCUT2D eigenvalue weighted by Gasteiger charge is -2.27. The van der Waals surface area contributed by atoms with Crippen molar-refractivity contribution in [1.82, 2.24) is 25.3 Å². The molecule has 0 atom stereocenters. The van der Waals surface area contributed by atoms with Gasteiger partial charge in [0.2, 0.25) is 0 Å². The largest absolute Gasteiger partial charge is 0.351 e. The zero-order valence-electron chi connectivity index (χ0n) is 13.1. The van der Waals surface area contributed by atoms with Crippen LogP contribution in [0.3, 0.4) is 0 Å². The summed E-state index contributed by atoms with van der Waals surface area (Å²) in [6.07, 6.45) is 4.38. The molecule has 3 aromatic rings. The molecule has 3 heterocycles. The summed E-state index contributed by atoms with van der Waals surface area (Å²) in [5.74, 6) is 0.904. The summed E-state index contributed by atoms with van der Waals surface area (Å²) in [6, 6.07) is 12.8. The highest BCUT2D eigenvalue weighted by molar-refractivity contribution is 5.68. The van der Waals surface area contributed by atoms with Gasteiger partial charge in [-0.25, -0.2) is 0 Å². The van der Waals surface area contributed by atoms with Crippen molar-refractivity contribution in [2.24, 2.45) is 0 Å². The quantitative estimate of drug-likeness (QED) is 0.743. The van der Waals surface area contributed by atoms with E-state index in [0.29, 0.717) is 5.65 Å². The third-order valence-electron chi connectivity index (χ3n) is 4.32. The van der Waals surface area contributed by atoms with E-state index in [1.807, 2.05) is 12.1 Å². The van der Waals surface area contributed by atoms with E-state index in [-0.39, 0.29) is 0 Å². The van der Waals surface area contributed by atoms with Crippen molar-refractivity contribution in [2.45, 2.75) is 19.8 Å². The number of benzene rings is 1. The third kappa shape index (κ3) is 2.67. The zero-order valence-corrected chi connectivity index (χ0v) is 13.1. The van der Waals surface area contributed by atoms with Crippen molar-refractivity contribution in [3.63, 3.8) is 0 Å². The highest BCUT2D eigenvalue weighted by Gasteiger charge is 2.15. The fraction of sp³-hybridized carbons (Fsp3) is 0.294. The Bertz CT molecular complexity index is 849. The monoisotopic (exact) mass is 306 g/mol. The second-order valence-corrected chi connectivity index (χ2v) is 5.69. The number of nitrogens with zero attached hydrogens (tertiary/aromatic N) is 6. The number of fused-ring (bicyclic) bond motifs is 1. The number of tetrazole rings is 1. The van der Waals surface area contributed by atoms with Crippen molar-refractivity contribution >= 4 is 17.0 Å². The number of hydrogen-bond acceptors (Lipinski definition) is 5. The minimum atomic E-state index is 0.665. The number of hydrogen-bond donors (Lipinski definition) is 0. The van der Waals surface area contributed by atoms with Crippen LogP contribution in [0.5, 0.6) is 0 Å². The first-order chi connectivity index (χ1) is 11.3. The van der Waals surface area contributed by atoms with Gasteiger partial charge in [-0.15, -0.1) is 14.8 Å². The van der Waals surface area contributed by atoms with Crippen LogP contribution in [0, 0.1) is 0 Å². The molecular formula is C17H18N6. The van der Waals surface area contributed by atoms with E-state index in [2.05, 4.69) is 62.8 Å². The zero-order chi connectivity index (χ0) is 15.6. The van der Waals surface area contributed by atoms with Crippen molar-refractivity contribution in [3.8, 4) is 0 Å². The van der Waals surface area contributed by atoms with Gasteiger partial charge in [-0.05, 0) is 52.1 Å². The van der Waals surface area contributed by atoms with Gasteiger partial charge in [0.1, 0.15) is 0 Å². The van der Waals surface area contributed by atoms with Gasteiger partial charge in [0.25, 0.3) is 0 Å². The first-order valence-electron chi connectivity index (χ1n) is 7.92. The summed E-state index contributed by atoms with van der Waals surface area (Å²) in [7, 11) is 0. The molecule has 116 valence electrons. The molecule has 0 fully saturated rings. The van der Waals surface area contributed by atoms with E-state index in [9.17, 15) is 0 Å². The summed E-state index contributed by atoms with van der Waals surface area (Å²) < 4.78 is 1.47. The lowest BCUT2D eigenvalue weighted by atomic mass is 9.98. The van der Waals surface area contributed by atoms with Crippen LogP contribution >= 0.6 is 0 Å². The highest BCUT2D eigenvalue weighted by Crippen LogP contribution is 2.25. The third-order valence-corrected chi connectivity index (χ3v) is 4.32. The molecule has 0 spiro atoms. The number of rotatable bonds is 3. The fourth-order valence-corrected chi connectivity index (χ4v) is 2.90. The van der Waals surface area contributed by atoms with Crippen molar-refractivity contribution in [2.75, 3.05) is 18.0 Å². The van der Waals surface area contributed by atoms with Gasteiger partial charge in [-0.2, -0.15) is 0 Å². The minimum absolute atomic E-state index is 0.665. The Hall–Kier alpha value is -2.76. The summed E-state index contributed by atoms with van der Waals surface area (Å²) in [5.41, 5.74) is 4.78. The van der Waals surface area contributed by atoms with Gasteiger partial charge in [0.15, 0.2) is 11.5 Å². The van der Waals surface area contributed by atoms with Crippen LogP contribution in [0.15, 0.2) is 42.5 Å². The summed E-state index contributed by atoms with van der Waals surface area (Å²) in [5, 5.41) is 15.8. The molecule has 0 bridgehead atoms. The Morgan fingerprint density at radius 3 is 2.70 bits per heavy atom. The van der Waals surface area contributed by atoms with Gasteiger partial charge < -0.3 is 4.90 Å². The lowest BCUT2D eigenvalue weighted by Crippen LogP contribution is -2.29. The Balaban J connectivity index is 1.53. The first-order valence-corrected chi connectivity index (χ1v) is 7.92. The molecule has 6 nitrogen and oxygen atoms in total. The molecule has 0 N–H and O–H groups in total. The Morgan fingerprint density at radius 1 is 1.09 bits per heavy atom. The predicted octanol–water partition coefficient (Wildman–Crippen LogP) is 2.38. The van der Waals surface area contributed by atoms with E-state index in [0.717, 1.165) is 31.7 Å². The highest BCUT2D eigenvalue weighted by atomic mass is 15.6. The molecule has 23 heavy (non-hydrogen) atoms. The maximum Gasteiger partial charge on any atom is 0.200 e. The normalized spacial score (nSPS) is 15.0. The van der Waals surface area contributed by atoms with Crippen molar-refractivity contribution in [3.05, 3.63) is 53.6 Å². The Kier molecular flexibility index (Phi) is 3.49. The molecule has 0 saturated carbocycles. The molecule has 0 radical (unpaired) electrons. The molecule has 1 aromatic carbocycles. The van der Waals surface area contributed by atoms with Crippen LogP contribution in [0.25, 0.3) is 11.2 Å². The van der Waals surface area contributed by atoms with Gasteiger partial charge in [0.05, 0.1) is 0 Å². The predicted molar refractivity (Wildman–Crippen MR) is 89.2 cm³/mol. The molecule has 0 unspecified atom stereocenters. The molecule has 6 heteroatoms. The van der Waals surface area contributed by atoms with E-state index in [4.69, 9.17) is 0 Å². The standard InChI is InChI=1S/C17H18N6/c1-2-13-3-5-14(6-4-13)15-9-11-22(12-10-15)17-8-7-16-18-20-21-23(16)19-17/h3-9H,2,10-12H2,1H3. The average Bonchev–Trinajstić information content (AvgIpc) is 3.10. The fourth-order valence-electron chi connectivity index (χ4n) is 2.90. The molecule has 0 saturated heterocycles. The van der Waals surface area contributed by atoms with E-state index in [1.165, 1.54) is 21.3 Å². The number of anilines is 1. The molecule has 1 aliphatic heterocycles. The summed E-state index contributed by atoms with van der Waals surface area (Å²) in [6.45, 7) is 3.98. The van der Waals surface area contributed by atoms with Crippen molar-refractivity contribution in [1.29, 1.82) is 0 Å². The van der Waals surface area contributed by atoms with Crippen LogP contribution < -0.4 is 4.90 Å². The van der Waals surface area contributed by atoms with Crippen LogP contribution in [0.1, 0.15) is 24.5 Å². The van der Waals surface area contributed by atoms with Gasteiger partial charge in [-0.1, -0.05) is 37.3 Å². The van der Waals surface area contributed by atoms with Gasteiger partial charge >= 0.3 is 0 Å². The Labute approximate surface area is 134 Å².